The molecule has 1 fully saturated rings. The Hall–Kier alpha value is -0.160. The van der Waals surface area contributed by atoms with Gasteiger partial charge in [-0.2, -0.15) is 0 Å². The van der Waals surface area contributed by atoms with Gasteiger partial charge in [-0.1, -0.05) is 0 Å². The predicted molar refractivity (Wildman–Crippen MR) is 30.0 cm³/mol. The minimum absolute atomic E-state index is 0.0787. The summed E-state index contributed by atoms with van der Waals surface area (Å²) in [5, 5.41) is 24.7. The standard InChI is InChI=1S/C5H10O4/c6-3-1-5(8)9-2-4(3)7/h3-8H,1-2H2/p+1/t3-,4+,5-/m0/s1. The van der Waals surface area contributed by atoms with Gasteiger partial charge in [0.2, 0.25) is 0 Å². The van der Waals surface area contributed by atoms with Crippen molar-refractivity contribution in [1.29, 1.82) is 0 Å². The quantitative estimate of drug-likeness (QED) is 0.384. The van der Waals surface area contributed by atoms with Crippen LogP contribution in [0.3, 0.4) is 0 Å². The van der Waals surface area contributed by atoms with Gasteiger partial charge in [0, 0.05) is 0 Å². The fraction of sp³-hybridized carbons (Fsp3) is 1.00. The van der Waals surface area contributed by atoms with E-state index in [1.807, 2.05) is 0 Å². The molecule has 54 valence electrons. The molecule has 4 heteroatoms. The molecular weight excluding hydrogens is 124 g/mol. The summed E-state index contributed by atoms with van der Waals surface area (Å²) >= 11 is 0. The molecule has 0 unspecified atom stereocenters. The second-order valence-electron chi connectivity index (χ2n) is 2.19. The van der Waals surface area contributed by atoms with Crippen LogP contribution in [0.15, 0.2) is 0 Å². The number of aliphatic hydroxyl groups is 2. The van der Waals surface area contributed by atoms with Crippen LogP contribution in [-0.4, -0.2) is 40.4 Å². The van der Waals surface area contributed by atoms with Crippen molar-refractivity contribution in [2.45, 2.75) is 24.9 Å². The van der Waals surface area contributed by atoms with Crippen molar-refractivity contribution in [1.82, 2.24) is 0 Å². The van der Waals surface area contributed by atoms with E-state index in [-0.39, 0.29) is 13.0 Å². The van der Waals surface area contributed by atoms with Gasteiger partial charge in [-0.05, 0) is 0 Å². The molecule has 0 spiro atoms. The van der Waals surface area contributed by atoms with Crippen LogP contribution in [0.1, 0.15) is 6.42 Å². The van der Waals surface area contributed by atoms with E-state index in [2.05, 4.69) is 0 Å². The molecule has 0 aromatic heterocycles. The maximum Gasteiger partial charge on any atom is 0.266 e. The molecule has 9 heavy (non-hydrogen) atoms. The van der Waals surface area contributed by atoms with Crippen LogP contribution in [0.5, 0.6) is 0 Å². The molecule has 4 N–H and O–H groups in total. The molecule has 0 amide bonds. The number of aliphatic hydroxyl groups excluding tert-OH is 2. The minimum atomic E-state index is -0.799. The molecule has 1 rings (SSSR count). The SMILES string of the molecule is O[C@@H]1CO[C@H]([OH2+])C[C@@H]1O. The lowest BCUT2D eigenvalue weighted by Gasteiger charge is -2.24. The van der Waals surface area contributed by atoms with Crippen molar-refractivity contribution in [3.05, 3.63) is 0 Å². The summed E-state index contributed by atoms with van der Waals surface area (Å²) in [4.78, 5) is 0. The molecular formula is C5H11O4+. The maximum atomic E-state index is 8.90. The Bertz CT molecular complexity index is 95.0. The summed E-state index contributed by atoms with van der Waals surface area (Å²) in [5.74, 6) is 0. The molecule has 0 aromatic rings. The first-order valence-electron chi connectivity index (χ1n) is 2.89. The second kappa shape index (κ2) is 2.62. The van der Waals surface area contributed by atoms with E-state index in [1.54, 1.807) is 0 Å². The summed E-state index contributed by atoms with van der Waals surface area (Å²) in [6, 6.07) is 0. The van der Waals surface area contributed by atoms with Crippen molar-refractivity contribution in [3.63, 3.8) is 0 Å². The zero-order valence-electron chi connectivity index (χ0n) is 4.95. The lowest BCUT2D eigenvalue weighted by atomic mass is 10.1. The Morgan fingerprint density at radius 2 is 2.00 bits per heavy atom. The smallest absolute Gasteiger partial charge is 0.266 e. The van der Waals surface area contributed by atoms with Gasteiger partial charge in [-0.3, -0.25) is 0 Å². The number of rotatable bonds is 0. The largest absolute Gasteiger partial charge is 0.421 e. The Morgan fingerprint density at radius 3 is 2.44 bits per heavy atom. The van der Waals surface area contributed by atoms with Crippen molar-refractivity contribution in [2.24, 2.45) is 0 Å². The van der Waals surface area contributed by atoms with Gasteiger partial charge < -0.3 is 20.1 Å². The molecule has 1 heterocycles. The van der Waals surface area contributed by atoms with E-state index in [1.165, 1.54) is 0 Å². The van der Waals surface area contributed by atoms with E-state index in [0.717, 1.165) is 0 Å². The van der Waals surface area contributed by atoms with Gasteiger partial charge in [-0.15, -0.1) is 0 Å². The molecule has 4 nitrogen and oxygen atoms in total. The van der Waals surface area contributed by atoms with Gasteiger partial charge in [0.05, 0.1) is 19.1 Å². The Kier molecular flexibility index (Phi) is 2.02. The molecule has 3 atom stereocenters. The fourth-order valence-corrected chi connectivity index (χ4v) is 0.770. The van der Waals surface area contributed by atoms with Crippen molar-refractivity contribution >= 4 is 0 Å². The lowest BCUT2D eigenvalue weighted by Crippen LogP contribution is -2.40. The van der Waals surface area contributed by atoms with Crippen molar-refractivity contribution in [2.75, 3.05) is 6.61 Å². The third-order valence-corrected chi connectivity index (χ3v) is 1.37. The number of hydrogen-bond donors (Lipinski definition) is 2. The van der Waals surface area contributed by atoms with Gasteiger partial charge in [0.1, 0.15) is 6.10 Å². The average Bonchev–Trinajstić information content (AvgIpc) is 1.80. The van der Waals surface area contributed by atoms with Crippen molar-refractivity contribution < 1.29 is 20.1 Å². The van der Waals surface area contributed by atoms with E-state index in [9.17, 15) is 0 Å². The van der Waals surface area contributed by atoms with E-state index >= 15 is 0 Å². The Labute approximate surface area is 52.7 Å². The van der Waals surface area contributed by atoms with E-state index in [4.69, 9.17) is 20.1 Å². The highest BCUT2D eigenvalue weighted by Gasteiger charge is 2.29. The molecule has 1 saturated heterocycles. The summed E-state index contributed by atoms with van der Waals surface area (Å²) in [5.41, 5.74) is 0. The highest BCUT2D eigenvalue weighted by Crippen LogP contribution is 2.11. The zero-order chi connectivity index (χ0) is 6.85. The Balaban J connectivity index is 2.35. The minimum Gasteiger partial charge on any atom is -0.421 e. The first-order chi connectivity index (χ1) is 4.20. The molecule has 0 radical (unpaired) electrons. The van der Waals surface area contributed by atoms with E-state index in [0.29, 0.717) is 0 Å². The van der Waals surface area contributed by atoms with Gasteiger partial charge >= 0.3 is 0 Å². The average molecular weight is 135 g/mol. The van der Waals surface area contributed by atoms with Crippen LogP contribution in [0.25, 0.3) is 0 Å². The van der Waals surface area contributed by atoms with Gasteiger partial charge in [0.25, 0.3) is 6.29 Å². The molecule has 0 aromatic carbocycles. The predicted octanol–water partition coefficient (Wildman–Crippen LogP) is -1.82. The molecule has 0 aliphatic carbocycles. The first-order valence-corrected chi connectivity index (χ1v) is 2.89. The zero-order valence-corrected chi connectivity index (χ0v) is 4.95. The highest BCUT2D eigenvalue weighted by atomic mass is 16.6. The number of ether oxygens (including phenoxy) is 1. The second-order valence-corrected chi connectivity index (χ2v) is 2.19. The molecule has 1 aliphatic rings. The van der Waals surface area contributed by atoms with Crippen molar-refractivity contribution in [3.8, 4) is 0 Å². The normalized spacial score (nSPS) is 45.0. The summed E-state index contributed by atoms with van der Waals surface area (Å²) in [6.07, 6.45) is -2.03. The first kappa shape index (κ1) is 6.95. The molecule has 0 bridgehead atoms. The summed E-state index contributed by atoms with van der Waals surface area (Å²) in [7, 11) is 0. The molecule has 1 aliphatic heterocycles. The lowest BCUT2D eigenvalue weighted by molar-refractivity contribution is -0.193. The fourth-order valence-electron chi connectivity index (χ4n) is 0.770. The maximum absolute atomic E-state index is 8.90. The Morgan fingerprint density at radius 1 is 1.33 bits per heavy atom. The summed E-state index contributed by atoms with van der Waals surface area (Å²) < 4.78 is 4.72. The van der Waals surface area contributed by atoms with Crippen LogP contribution < -0.4 is 0 Å². The molecule has 0 saturated carbocycles. The van der Waals surface area contributed by atoms with Gasteiger partial charge in [-0.25, -0.2) is 0 Å². The third kappa shape index (κ3) is 1.62. The van der Waals surface area contributed by atoms with Crippen LogP contribution in [0, 0.1) is 0 Å². The monoisotopic (exact) mass is 135 g/mol. The summed E-state index contributed by atoms with van der Waals surface area (Å²) in [6.45, 7) is 0.0787. The third-order valence-electron chi connectivity index (χ3n) is 1.37. The van der Waals surface area contributed by atoms with Gasteiger partial charge in [0.15, 0.2) is 0 Å². The number of hydrogen-bond acceptors (Lipinski definition) is 3. The van der Waals surface area contributed by atoms with Crippen LogP contribution in [-0.2, 0) is 4.74 Å². The topological polar surface area (TPSA) is 72.6 Å². The van der Waals surface area contributed by atoms with Crippen LogP contribution >= 0.6 is 0 Å². The van der Waals surface area contributed by atoms with Crippen LogP contribution in [0.2, 0.25) is 0 Å². The van der Waals surface area contributed by atoms with Crippen LogP contribution in [0.4, 0.5) is 0 Å². The van der Waals surface area contributed by atoms with E-state index < -0.39 is 18.5 Å². The highest BCUT2D eigenvalue weighted by molar-refractivity contribution is 4.72.